The van der Waals surface area contributed by atoms with Gasteiger partial charge in [0.1, 0.15) is 5.82 Å². The Morgan fingerprint density at radius 3 is 2.78 bits per heavy atom. The molecule has 0 unspecified atom stereocenters. The fraction of sp³-hybridized carbons (Fsp3) is 0.529. The Hall–Kier alpha value is -2.11. The van der Waals surface area contributed by atoms with Crippen LogP contribution in [0.2, 0.25) is 0 Å². The number of rotatable bonds is 5. The summed E-state index contributed by atoms with van der Waals surface area (Å²) in [5.41, 5.74) is 6.68. The number of guanidine groups is 1. The van der Waals surface area contributed by atoms with Crippen LogP contribution >= 0.6 is 0 Å². The summed E-state index contributed by atoms with van der Waals surface area (Å²) in [4.78, 5) is 16.1. The number of carbonyl (C=O) groups is 1. The first-order valence-corrected chi connectivity index (χ1v) is 8.17. The Bertz CT molecular complexity index is 568. The molecule has 0 atom stereocenters. The SMILES string of the molecule is Cc1ccc(C(=O)NCCN=C(N)NC2CCCCC2)cc1F. The maximum absolute atomic E-state index is 13.4. The number of nitrogens with two attached hydrogens (primary N) is 1. The molecular formula is C17H25FN4O. The van der Waals surface area contributed by atoms with E-state index in [0.29, 0.717) is 36.2 Å². The van der Waals surface area contributed by atoms with Crippen molar-refractivity contribution in [1.29, 1.82) is 0 Å². The third kappa shape index (κ3) is 5.54. The Kier molecular flexibility index (Phi) is 6.38. The lowest BCUT2D eigenvalue weighted by atomic mass is 9.96. The molecule has 0 aromatic heterocycles. The van der Waals surface area contributed by atoms with E-state index < -0.39 is 0 Å². The molecule has 0 heterocycles. The van der Waals surface area contributed by atoms with Gasteiger partial charge in [-0.25, -0.2) is 4.39 Å². The zero-order valence-corrected chi connectivity index (χ0v) is 13.6. The van der Waals surface area contributed by atoms with Gasteiger partial charge in [0.25, 0.3) is 5.91 Å². The van der Waals surface area contributed by atoms with Crippen LogP contribution in [0.4, 0.5) is 4.39 Å². The highest BCUT2D eigenvalue weighted by Crippen LogP contribution is 2.16. The van der Waals surface area contributed by atoms with Crippen LogP contribution in [0.3, 0.4) is 0 Å². The minimum absolute atomic E-state index is 0.307. The predicted octanol–water partition coefficient (Wildman–Crippen LogP) is 2.10. The van der Waals surface area contributed by atoms with Crippen molar-refractivity contribution >= 4 is 11.9 Å². The van der Waals surface area contributed by atoms with Crippen molar-refractivity contribution in [1.82, 2.24) is 10.6 Å². The van der Waals surface area contributed by atoms with Crippen molar-refractivity contribution in [2.24, 2.45) is 10.7 Å². The Morgan fingerprint density at radius 1 is 1.35 bits per heavy atom. The molecular weight excluding hydrogens is 295 g/mol. The topological polar surface area (TPSA) is 79.5 Å². The van der Waals surface area contributed by atoms with Gasteiger partial charge in [-0.15, -0.1) is 0 Å². The molecule has 0 saturated heterocycles. The van der Waals surface area contributed by atoms with Crippen molar-refractivity contribution in [2.45, 2.75) is 45.1 Å². The molecule has 5 nitrogen and oxygen atoms in total. The van der Waals surface area contributed by atoms with Gasteiger partial charge in [-0.05, 0) is 37.5 Å². The molecule has 1 aromatic carbocycles. The number of aliphatic imine (C=N–C) groups is 1. The van der Waals surface area contributed by atoms with Crippen LogP contribution in [0, 0.1) is 12.7 Å². The number of hydrogen-bond acceptors (Lipinski definition) is 2. The van der Waals surface area contributed by atoms with E-state index in [0.717, 1.165) is 12.8 Å². The number of hydrogen-bond donors (Lipinski definition) is 3. The summed E-state index contributed by atoms with van der Waals surface area (Å²) >= 11 is 0. The maximum Gasteiger partial charge on any atom is 0.251 e. The van der Waals surface area contributed by atoms with E-state index in [1.54, 1.807) is 19.1 Å². The lowest BCUT2D eigenvalue weighted by Gasteiger charge is -2.23. The van der Waals surface area contributed by atoms with Crippen molar-refractivity contribution in [3.05, 3.63) is 35.1 Å². The first-order valence-electron chi connectivity index (χ1n) is 8.17. The van der Waals surface area contributed by atoms with Crippen LogP contribution in [-0.2, 0) is 0 Å². The van der Waals surface area contributed by atoms with E-state index in [-0.39, 0.29) is 11.7 Å². The summed E-state index contributed by atoms with van der Waals surface area (Å²) < 4.78 is 13.4. The zero-order chi connectivity index (χ0) is 16.7. The number of nitrogens with zero attached hydrogens (tertiary/aromatic N) is 1. The number of nitrogens with one attached hydrogen (secondary N) is 2. The number of aryl methyl sites for hydroxylation is 1. The highest BCUT2D eigenvalue weighted by Gasteiger charge is 2.13. The second kappa shape index (κ2) is 8.50. The minimum atomic E-state index is -0.378. The second-order valence-electron chi connectivity index (χ2n) is 5.97. The molecule has 1 aliphatic rings. The van der Waals surface area contributed by atoms with Crippen molar-refractivity contribution in [2.75, 3.05) is 13.1 Å². The fourth-order valence-corrected chi connectivity index (χ4v) is 2.68. The van der Waals surface area contributed by atoms with Crippen LogP contribution in [-0.4, -0.2) is 31.0 Å². The van der Waals surface area contributed by atoms with Crippen LogP contribution in [0.25, 0.3) is 0 Å². The molecule has 1 aliphatic carbocycles. The molecule has 1 amide bonds. The summed E-state index contributed by atoms with van der Waals surface area (Å²) in [5.74, 6) is -0.262. The van der Waals surface area contributed by atoms with Crippen LogP contribution < -0.4 is 16.4 Å². The van der Waals surface area contributed by atoms with Gasteiger partial charge >= 0.3 is 0 Å². The van der Waals surface area contributed by atoms with Gasteiger partial charge in [0.2, 0.25) is 0 Å². The first-order chi connectivity index (χ1) is 11.1. The minimum Gasteiger partial charge on any atom is -0.370 e. The maximum atomic E-state index is 13.4. The average Bonchev–Trinajstić information content (AvgIpc) is 2.55. The van der Waals surface area contributed by atoms with Crippen LogP contribution in [0.15, 0.2) is 23.2 Å². The Balaban J connectivity index is 1.72. The predicted molar refractivity (Wildman–Crippen MR) is 90.0 cm³/mol. The van der Waals surface area contributed by atoms with E-state index in [9.17, 15) is 9.18 Å². The van der Waals surface area contributed by atoms with E-state index in [2.05, 4.69) is 15.6 Å². The summed E-state index contributed by atoms with van der Waals surface area (Å²) in [6, 6.07) is 4.86. The van der Waals surface area contributed by atoms with E-state index in [1.165, 1.54) is 25.3 Å². The van der Waals surface area contributed by atoms with E-state index in [1.807, 2.05) is 0 Å². The third-order valence-electron chi connectivity index (χ3n) is 4.07. The van der Waals surface area contributed by atoms with Gasteiger partial charge in [0.15, 0.2) is 5.96 Å². The molecule has 23 heavy (non-hydrogen) atoms. The van der Waals surface area contributed by atoms with Crippen LogP contribution in [0.5, 0.6) is 0 Å². The smallest absolute Gasteiger partial charge is 0.251 e. The molecule has 2 rings (SSSR count). The van der Waals surface area contributed by atoms with Crippen molar-refractivity contribution < 1.29 is 9.18 Å². The molecule has 6 heteroatoms. The van der Waals surface area contributed by atoms with Gasteiger partial charge in [-0.2, -0.15) is 0 Å². The number of benzene rings is 1. The standard InChI is InChI=1S/C17H25FN4O/c1-12-7-8-13(11-15(12)18)16(23)20-9-10-21-17(19)22-14-5-3-2-4-6-14/h7-8,11,14H,2-6,9-10H2,1H3,(H,20,23)(H3,19,21,22). The largest absolute Gasteiger partial charge is 0.370 e. The fourth-order valence-electron chi connectivity index (χ4n) is 2.68. The molecule has 4 N–H and O–H groups in total. The van der Waals surface area contributed by atoms with Crippen molar-refractivity contribution in [3.63, 3.8) is 0 Å². The van der Waals surface area contributed by atoms with Crippen LogP contribution in [0.1, 0.15) is 48.0 Å². The van der Waals surface area contributed by atoms with Gasteiger partial charge in [0, 0.05) is 18.2 Å². The second-order valence-corrected chi connectivity index (χ2v) is 5.97. The normalized spacial score (nSPS) is 16.2. The number of carbonyl (C=O) groups excluding carboxylic acids is 1. The average molecular weight is 320 g/mol. The highest BCUT2D eigenvalue weighted by molar-refractivity contribution is 5.94. The van der Waals surface area contributed by atoms with E-state index in [4.69, 9.17) is 5.73 Å². The summed E-state index contributed by atoms with van der Waals surface area (Å²) in [6.45, 7) is 2.42. The van der Waals surface area contributed by atoms with Gasteiger partial charge in [-0.3, -0.25) is 9.79 Å². The molecule has 1 saturated carbocycles. The quantitative estimate of drug-likeness (QED) is 0.441. The number of amides is 1. The molecule has 0 bridgehead atoms. The summed E-state index contributed by atoms with van der Waals surface area (Å²) in [7, 11) is 0. The third-order valence-corrected chi connectivity index (χ3v) is 4.07. The van der Waals surface area contributed by atoms with Crippen molar-refractivity contribution in [3.8, 4) is 0 Å². The number of halogens is 1. The molecule has 1 aromatic rings. The summed E-state index contributed by atoms with van der Waals surface area (Å²) in [6.07, 6.45) is 6.01. The van der Waals surface area contributed by atoms with Gasteiger partial charge in [0.05, 0.1) is 6.54 Å². The molecule has 126 valence electrons. The Labute approximate surface area is 136 Å². The monoisotopic (exact) mass is 320 g/mol. The lowest BCUT2D eigenvalue weighted by Crippen LogP contribution is -2.41. The lowest BCUT2D eigenvalue weighted by molar-refractivity contribution is 0.0954. The van der Waals surface area contributed by atoms with Gasteiger partial charge in [-0.1, -0.05) is 25.3 Å². The Morgan fingerprint density at radius 2 is 2.09 bits per heavy atom. The summed E-state index contributed by atoms with van der Waals surface area (Å²) in [5, 5.41) is 5.93. The first kappa shape index (κ1) is 17.2. The molecule has 0 spiro atoms. The molecule has 0 radical (unpaired) electrons. The highest BCUT2D eigenvalue weighted by atomic mass is 19.1. The molecule has 1 fully saturated rings. The molecule has 0 aliphatic heterocycles. The van der Waals surface area contributed by atoms with Gasteiger partial charge < -0.3 is 16.4 Å². The zero-order valence-electron chi connectivity index (χ0n) is 13.6. The van der Waals surface area contributed by atoms with E-state index >= 15 is 0 Å².